The van der Waals surface area contributed by atoms with Gasteiger partial charge in [0.2, 0.25) is 0 Å². The Bertz CT molecular complexity index is 208. The molecule has 0 aliphatic heterocycles. The van der Waals surface area contributed by atoms with Crippen LogP contribution in [0.3, 0.4) is 0 Å². The normalized spacial score (nSPS) is 15.4. The second-order valence-electron chi connectivity index (χ2n) is 8.00. The van der Waals surface area contributed by atoms with Crippen LogP contribution in [0.5, 0.6) is 0 Å². The zero-order chi connectivity index (χ0) is 13.4. The van der Waals surface area contributed by atoms with Gasteiger partial charge in [0.05, 0.1) is 0 Å². The van der Waals surface area contributed by atoms with Crippen molar-refractivity contribution in [2.75, 3.05) is 0 Å². The van der Waals surface area contributed by atoms with E-state index >= 15 is 0 Å². The molecule has 0 saturated heterocycles. The van der Waals surface area contributed by atoms with Crippen molar-refractivity contribution in [3.8, 4) is 0 Å². The first-order valence-corrected chi connectivity index (χ1v) is 13.2. The average Bonchev–Trinajstić information content (AvgIpc) is 1.72. The maximum absolute atomic E-state index is 3.90. The van der Waals surface area contributed by atoms with Gasteiger partial charge in [0.25, 0.3) is 0 Å². The summed E-state index contributed by atoms with van der Waals surface area (Å²) >= 11 is 0. The fraction of sp³-hybridized carbons (Fsp3) is 1.00. The quantitative estimate of drug-likeness (QED) is 0.761. The molecular formula is C12H32N2Si2. The molecule has 2 nitrogen and oxygen atoms in total. The molecule has 0 rings (SSSR count). The number of hydrogen-bond donors (Lipinski definition) is 2. The van der Waals surface area contributed by atoms with Crippen molar-refractivity contribution in [1.82, 2.24) is 9.96 Å². The van der Waals surface area contributed by atoms with Gasteiger partial charge in [-0.2, -0.15) is 0 Å². The summed E-state index contributed by atoms with van der Waals surface area (Å²) in [6, 6.07) is 0. The zero-order valence-electron chi connectivity index (χ0n) is 13.0. The van der Waals surface area contributed by atoms with E-state index in [1.807, 2.05) is 0 Å². The lowest BCUT2D eigenvalue weighted by Gasteiger charge is -2.46. The molecular weight excluding hydrogens is 228 g/mol. The fourth-order valence-corrected chi connectivity index (χ4v) is 10.7. The second kappa shape index (κ2) is 4.55. The van der Waals surface area contributed by atoms with E-state index in [-0.39, 0.29) is 11.1 Å². The van der Waals surface area contributed by atoms with Crippen molar-refractivity contribution in [1.29, 1.82) is 0 Å². The van der Waals surface area contributed by atoms with Crippen molar-refractivity contribution in [3.63, 3.8) is 0 Å². The van der Waals surface area contributed by atoms with E-state index in [1.54, 1.807) is 0 Å². The van der Waals surface area contributed by atoms with Crippen LogP contribution in [0.25, 0.3) is 0 Å². The summed E-state index contributed by atoms with van der Waals surface area (Å²) in [4.78, 5) is 7.79. The Morgan fingerprint density at radius 1 is 0.562 bits per heavy atom. The number of rotatable bonds is 3. The summed E-state index contributed by atoms with van der Waals surface area (Å²) in [5, 5.41) is 0. The first-order valence-electron chi connectivity index (χ1n) is 6.25. The number of hydrogen-bond acceptors (Lipinski definition) is 2. The van der Waals surface area contributed by atoms with Crippen molar-refractivity contribution in [2.24, 2.45) is 0 Å². The maximum atomic E-state index is 3.90. The van der Waals surface area contributed by atoms with Crippen LogP contribution in [0.15, 0.2) is 0 Å². The van der Waals surface area contributed by atoms with Gasteiger partial charge in [-0.05, 0) is 41.5 Å². The molecule has 98 valence electrons. The van der Waals surface area contributed by atoms with Crippen LogP contribution < -0.4 is 9.96 Å². The molecule has 0 atom stereocenters. The molecule has 4 heteroatoms. The van der Waals surface area contributed by atoms with E-state index in [1.165, 1.54) is 0 Å². The molecule has 2 N–H and O–H groups in total. The molecule has 0 saturated carbocycles. The molecule has 0 amide bonds. The molecule has 0 spiro atoms. The van der Waals surface area contributed by atoms with Gasteiger partial charge < -0.3 is 9.96 Å². The highest BCUT2D eigenvalue weighted by Gasteiger charge is 2.45. The predicted molar refractivity (Wildman–Crippen MR) is 80.7 cm³/mol. The standard InChI is InChI=1S/C12H32N2Si2/c1-11(2,3)13-15(7,8)16(9,10)14-12(4,5)6/h13-14H,1-10H3. The molecule has 0 aromatic heterocycles. The van der Waals surface area contributed by atoms with Crippen molar-refractivity contribution < 1.29 is 0 Å². The van der Waals surface area contributed by atoms with Gasteiger partial charge in [-0.1, -0.05) is 26.2 Å². The summed E-state index contributed by atoms with van der Waals surface area (Å²) in [5.74, 6) is 0. The van der Waals surface area contributed by atoms with E-state index in [2.05, 4.69) is 77.7 Å². The molecule has 0 aromatic rings. The van der Waals surface area contributed by atoms with Crippen molar-refractivity contribution in [2.45, 2.75) is 78.8 Å². The summed E-state index contributed by atoms with van der Waals surface area (Å²) in [6.45, 7) is 23.4. The first kappa shape index (κ1) is 16.4. The van der Waals surface area contributed by atoms with Gasteiger partial charge in [-0.3, -0.25) is 0 Å². The summed E-state index contributed by atoms with van der Waals surface area (Å²) in [5.41, 5.74) is 0.444. The van der Waals surface area contributed by atoms with E-state index in [0.717, 1.165) is 0 Å². The Morgan fingerprint density at radius 3 is 0.875 bits per heavy atom. The lowest BCUT2D eigenvalue weighted by Crippen LogP contribution is -2.76. The Morgan fingerprint density at radius 2 is 0.750 bits per heavy atom. The van der Waals surface area contributed by atoms with Crippen LogP contribution >= 0.6 is 0 Å². The molecule has 16 heavy (non-hydrogen) atoms. The van der Waals surface area contributed by atoms with Crippen LogP contribution in [0, 0.1) is 0 Å². The second-order valence-corrected chi connectivity index (χ2v) is 22.5. The van der Waals surface area contributed by atoms with Gasteiger partial charge >= 0.3 is 0 Å². The molecule has 0 aliphatic rings. The van der Waals surface area contributed by atoms with E-state index in [9.17, 15) is 0 Å². The predicted octanol–water partition coefficient (Wildman–Crippen LogP) is 3.25. The minimum atomic E-state index is -1.40. The van der Waals surface area contributed by atoms with Crippen molar-refractivity contribution >= 4 is 15.5 Å². The third-order valence-corrected chi connectivity index (χ3v) is 18.9. The highest BCUT2D eigenvalue weighted by Crippen LogP contribution is 2.20. The monoisotopic (exact) mass is 260 g/mol. The smallest absolute Gasteiger partial charge is 0.127 e. The summed E-state index contributed by atoms with van der Waals surface area (Å²) < 4.78 is 0. The Kier molecular flexibility index (Phi) is 4.66. The van der Waals surface area contributed by atoms with E-state index < -0.39 is 15.5 Å². The topological polar surface area (TPSA) is 24.1 Å². The molecule has 0 heterocycles. The Hall–Kier alpha value is 0.354. The number of nitrogens with one attached hydrogen (secondary N) is 2. The van der Waals surface area contributed by atoms with Crippen molar-refractivity contribution in [3.05, 3.63) is 0 Å². The van der Waals surface area contributed by atoms with Gasteiger partial charge in [0.1, 0.15) is 15.5 Å². The molecule has 0 aliphatic carbocycles. The zero-order valence-corrected chi connectivity index (χ0v) is 15.0. The third kappa shape index (κ3) is 5.61. The van der Waals surface area contributed by atoms with Gasteiger partial charge in [0, 0.05) is 11.1 Å². The van der Waals surface area contributed by atoms with E-state index in [4.69, 9.17) is 0 Å². The first-order chi connectivity index (χ1) is 6.66. The molecule has 0 radical (unpaired) electrons. The Balaban J connectivity index is 4.85. The van der Waals surface area contributed by atoms with Gasteiger partial charge in [-0.25, -0.2) is 0 Å². The van der Waals surface area contributed by atoms with Crippen LogP contribution in [0.2, 0.25) is 26.2 Å². The lowest BCUT2D eigenvalue weighted by atomic mass is 10.1. The van der Waals surface area contributed by atoms with Crippen LogP contribution in [-0.2, 0) is 0 Å². The average molecular weight is 261 g/mol. The maximum Gasteiger partial charge on any atom is 0.127 e. The molecule has 0 unspecified atom stereocenters. The molecule has 0 aromatic carbocycles. The van der Waals surface area contributed by atoms with Gasteiger partial charge in [0.15, 0.2) is 0 Å². The summed E-state index contributed by atoms with van der Waals surface area (Å²) in [6.07, 6.45) is 0. The highest BCUT2D eigenvalue weighted by atomic mass is 29.3. The van der Waals surface area contributed by atoms with Gasteiger partial charge in [-0.15, -0.1) is 0 Å². The molecule has 0 fully saturated rings. The Labute approximate surface area is 105 Å². The van der Waals surface area contributed by atoms with E-state index in [0.29, 0.717) is 0 Å². The van der Waals surface area contributed by atoms with Crippen LogP contribution in [0.1, 0.15) is 41.5 Å². The SMILES string of the molecule is CC(C)(C)N[Si](C)(C)[Si](C)(C)NC(C)(C)C. The highest BCUT2D eigenvalue weighted by molar-refractivity contribution is 7.38. The minimum absolute atomic E-state index is 0.222. The van der Waals surface area contributed by atoms with Crippen LogP contribution in [0.4, 0.5) is 0 Å². The van der Waals surface area contributed by atoms with Crippen LogP contribution in [-0.4, -0.2) is 26.6 Å². The fourth-order valence-electron chi connectivity index (χ4n) is 2.19. The third-order valence-electron chi connectivity index (χ3n) is 2.94. The summed E-state index contributed by atoms with van der Waals surface area (Å²) in [7, 11) is -2.80. The molecule has 0 bridgehead atoms. The largest absolute Gasteiger partial charge is 0.334 e. The lowest BCUT2D eigenvalue weighted by molar-refractivity contribution is 0.503. The minimum Gasteiger partial charge on any atom is -0.334 e.